The largest absolute Gasteiger partial charge is 0.378 e. The molecule has 2 bridgehead atoms. The summed E-state index contributed by atoms with van der Waals surface area (Å²) in [7, 11) is 0. The number of allylic oxidation sites excluding steroid dienone is 3. The Morgan fingerprint density at radius 1 is 1.37 bits per heavy atom. The van der Waals surface area contributed by atoms with Crippen LogP contribution >= 0.6 is 0 Å². The molecule has 0 spiro atoms. The van der Waals surface area contributed by atoms with E-state index in [-0.39, 0.29) is 29.1 Å². The van der Waals surface area contributed by atoms with Gasteiger partial charge in [-0.15, -0.1) is 0 Å². The zero-order valence-corrected chi connectivity index (χ0v) is 17.4. The third-order valence-corrected chi connectivity index (χ3v) is 7.47. The van der Waals surface area contributed by atoms with Gasteiger partial charge < -0.3 is 14.4 Å². The van der Waals surface area contributed by atoms with Gasteiger partial charge in [0.25, 0.3) is 0 Å². The van der Waals surface area contributed by atoms with Crippen molar-refractivity contribution in [1.82, 2.24) is 4.90 Å². The van der Waals surface area contributed by atoms with Crippen LogP contribution in [0.15, 0.2) is 24.4 Å². The second kappa shape index (κ2) is 7.90. The average molecular weight is 374 g/mol. The molecule has 1 saturated carbocycles. The molecular formula is C23H35NO3. The standard InChI is InChI=1S/C23H35NO3/c1-6-23(5,11-10-15(2)25)17(4)27-13-7-12-24-16(3)20-18-8-9-19(14-18)21(20)22(24)26/h8-9,17-21H,3,6-7,10-14H2,1-2,4-5H3. The van der Waals surface area contributed by atoms with Crippen molar-refractivity contribution in [3.05, 3.63) is 24.4 Å². The first-order valence-corrected chi connectivity index (χ1v) is 10.6. The molecule has 4 heteroatoms. The van der Waals surface area contributed by atoms with Gasteiger partial charge in [-0.1, -0.05) is 32.6 Å². The van der Waals surface area contributed by atoms with Crippen molar-refractivity contribution in [3.8, 4) is 0 Å². The molecule has 1 heterocycles. The molecular weight excluding hydrogens is 338 g/mol. The number of ketones is 1. The Hall–Kier alpha value is -1.42. The number of hydrogen-bond acceptors (Lipinski definition) is 3. The summed E-state index contributed by atoms with van der Waals surface area (Å²) in [6, 6.07) is 0. The van der Waals surface area contributed by atoms with Crippen molar-refractivity contribution in [2.75, 3.05) is 13.2 Å². The molecule has 150 valence electrons. The summed E-state index contributed by atoms with van der Waals surface area (Å²) in [4.78, 5) is 26.1. The van der Waals surface area contributed by atoms with E-state index >= 15 is 0 Å². The maximum atomic E-state index is 12.8. The van der Waals surface area contributed by atoms with Crippen molar-refractivity contribution in [1.29, 1.82) is 0 Å². The van der Waals surface area contributed by atoms with Crippen LogP contribution in [0.4, 0.5) is 0 Å². The number of carbonyl (C=O) groups excluding carboxylic acids is 2. The van der Waals surface area contributed by atoms with Gasteiger partial charge in [-0.3, -0.25) is 4.79 Å². The van der Waals surface area contributed by atoms with Crippen molar-refractivity contribution in [3.63, 3.8) is 0 Å². The fourth-order valence-corrected chi connectivity index (χ4v) is 5.18. The van der Waals surface area contributed by atoms with Gasteiger partial charge in [0.15, 0.2) is 0 Å². The molecule has 6 unspecified atom stereocenters. The molecule has 1 aliphatic heterocycles. The topological polar surface area (TPSA) is 46.6 Å². The number of ether oxygens (including phenoxy) is 1. The number of amides is 1. The molecule has 6 atom stereocenters. The number of nitrogens with zero attached hydrogens (tertiary/aromatic N) is 1. The van der Waals surface area contributed by atoms with E-state index in [1.54, 1.807) is 6.92 Å². The van der Waals surface area contributed by atoms with E-state index in [0.29, 0.717) is 37.3 Å². The number of fused-ring (bicyclic) bond motifs is 5. The van der Waals surface area contributed by atoms with Crippen molar-refractivity contribution >= 4 is 11.7 Å². The highest BCUT2D eigenvalue weighted by Gasteiger charge is 2.55. The lowest BCUT2D eigenvalue weighted by atomic mass is 9.77. The maximum Gasteiger partial charge on any atom is 0.231 e. The fraction of sp³-hybridized carbons (Fsp3) is 0.739. The third kappa shape index (κ3) is 3.78. The Morgan fingerprint density at radius 2 is 2.04 bits per heavy atom. The summed E-state index contributed by atoms with van der Waals surface area (Å²) < 4.78 is 6.12. The molecule has 3 rings (SSSR count). The molecule has 2 aliphatic carbocycles. The van der Waals surface area contributed by atoms with Gasteiger partial charge in [0.05, 0.1) is 12.0 Å². The van der Waals surface area contributed by atoms with E-state index in [1.807, 2.05) is 4.90 Å². The highest BCUT2D eigenvalue weighted by atomic mass is 16.5. The molecule has 4 nitrogen and oxygen atoms in total. The Morgan fingerprint density at radius 3 is 2.63 bits per heavy atom. The number of carbonyl (C=O) groups is 2. The molecule has 1 amide bonds. The smallest absolute Gasteiger partial charge is 0.231 e. The highest BCUT2D eigenvalue weighted by Crippen LogP contribution is 2.55. The molecule has 3 aliphatic rings. The molecule has 2 fully saturated rings. The third-order valence-electron chi connectivity index (χ3n) is 7.47. The van der Waals surface area contributed by atoms with Crippen LogP contribution in [0.25, 0.3) is 0 Å². The van der Waals surface area contributed by atoms with Gasteiger partial charge in [-0.2, -0.15) is 0 Å². The molecule has 1 saturated heterocycles. The summed E-state index contributed by atoms with van der Waals surface area (Å²) in [5.41, 5.74) is 1.04. The van der Waals surface area contributed by atoms with E-state index in [4.69, 9.17) is 4.74 Å². The second-order valence-corrected chi connectivity index (χ2v) is 9.06. The minimum atomic E-state index is 0.0145. The number of likely N-dealkylation sites (tertiary alicyclic amines) is 1. The van der Waals surface area contributed by atoms with Crippen LogP contribution in [0.2, 0.25) is 0 Å². The van der Waals surface area contributed by atoms with Crippen LogP contribution in [-0.4, -0.2) is 35.8 Å². The minimum absolute atomic E-state index is 0.0145. The minimum Gasteiger partial charge on any atom is -0.378 e. The van der Waals surface area contributed by atoms with Crippen molar-refractivity contribution in [2.45, 2.75) is 65.9 Å². The van der Waals surface area contributed by atoms with Gasteiger partial charge in [-0.25, -0.2) is 0 Å². The molecule has 0 N–H and O–H groups in total. The van der Waals surface area contributed by atoms with Gasteiger partial charge in [-0.05, 0) is 56.8 Å². The zero-order chi connectivity index (χ0) is 19.8. The quantitative estimate of drug-likeness (QED) is 0.422. The number of hydrogen-bond donors (Lipinski definition) is 0. The predicted octanol–water partition coefficient (Wildman–Crippen LogP) is 4.36. The van der Waals surface area contributed by atoms with E-state index in [9.17, 15) is 9.59 Å². The van der Waals surface area contributed by atoms with Crippen LogP contribution in [0.5, 0.6) is 0 Å². The normalized spacial score (nSPS) is 32.1. The second-order valence-electron chi connectivity index (χ2n) is 9.06. The first kappa shape index (κ1) is 20.3. The predicted molar refractivity (Wildman–Crippen MR) is 107 cm³/mol. The van der Waals surface area contributed by atoms with Crippen LogP contribution in [0.1, 0.15) is 59.8 Å². The Bertz CT molecular complexity index is 610. The van der Waals surface area contributed by atoms with E-state index in [2.05, 4.69) is 39.5 Å². The van der Waals surface area contributed by atoms with E-state index in [1.165, 1.54) is 0 Å². The maximum absolute atomic E-state index is 12.8. The van der Waals surface area contributed by atoms with Gasteiger partial charge in [0.2, 0.25) is 5.91 Å². The summed E-state index contributed by atoms with van der Waals surface area (Å²) in [6.07, 6.45) is 9.03. The van der Waals surface area contributed by atoms with Crippen LogP contribution in [-0.2, 0) is 14.3 Å². The molecule has 0 aromatic rings. The molecule has 27 heavy (non-hydrogen) atoms. The SMILES string of the molecule is C=C1C2C3C=CC(C3)C2C(=O)N1CCCOC(C)C(C)(CC)CCC(C)=O. The lowest BCUT2D eigenvalue weighted by Crippen LogP contribution is -2.34. The highest BCUT2D eigenvalue weighted by molar-refractivity contribution is 5.86. The lowest BCUT2D eigenvalue weighted by Gasteiger charge is -2.35. The van der Waals surface area contributed by atoms with E-state index < -0.39 is 0 Å². The molecule has 0 radical (unpaired) electrons. The first-order chi connectivity index (χ1) is 12.8. The van der Waals surface area contributed by atoms with Crippen molar-refractivity contribution < 1.29 is 14.3 Å². The lowest BCUT2D eigenvalue weighted by molar-refractivity contribution is -0.131. The van der Waals surface area contributed by atoms with Crippen molar-refractivity contribution in [2.24, 2.45) is 29.1 Å². The van der Waals surface area contributed by atoms with Gasteiger partial charge in [0, 0.05) is 31.2 Å². The number of Topliss-reactive ketones (excluding diaryl/α,β-unsaturated/α-hetero) is 1. The van der Waals surface area contributed by atoms with Gasteiger partial charge >= 0.3 is 0 Å². The molecule has 0 aromatic carbocycles. The fourth-order valence-electron chi connectivity index (χ4n) is 5.18. The Balaban J connectivity index is 1.46. The Labute approximate surface area is 164 Å². The summed E-state index contributed by atoms with van der Waals surface area (Å²) in [5.74, 6) is 1.93. The van der Waals surface area contributed by atoms with Crippen LogP contribution < -0.4 is 0 Å². The van der Waals surface area contributed by atoms with Crippen LogP contribution in [0.3, 0.4) is 0 Å². The first-order valence-electron chi connectivity index (χ1n) is 10.6. The van der Waals surface area contributed by atoms with E-state index in [0.717, 1.165) is 31.4 Å². The number of rotatable bonds is 10. The zero-order valence-electron chi connectivity index (χ0n) is 17.4. The van der Waals surface area contributed by atoms with Gasteiger partial charge in [0.1, 0.15) is 5.78 Å². The van der Waals surface area contributed by atoms with Crippen LogP contribution in [0, 0.1) is 29.1 Å². The average Bonchev–Trinajstić information content (AvgIpc) is 3.31. The summed E-state index contributed by atoms with van der Waals surface area (Å²) in [5, 5.41) is 0. The Kier molecular flexibility index (Phi) is 5.95. The summed E-state index contributed by atoms with van der Waals surface area (Å²) in [6.45, 7) is 13.7. The monoisotopic (exact) mass is 373 g/mol. The molecule has 0 aromatic heterocycles. The summed E-state index contributed by atoms with van der Waals surface area (Å²) >= 11 is 0.